The van der Waals surface area contributed by atoms with Crippen molar-refractivity contribution in [3.63, 3.8) is 0 Å². The lowest BCUT2D eigenvalue weighted by atomic mass is 10.1. The summed E-state index contributed by atoms with van der Waals surface area (Å²) in [5.41, 5.74) is 2.55. The monoisotopic (exact) mass is 351 g/mol. The fourth-order valence-electron chi connectivity index (χ4n) is 2.35. The number of alkyl halides is 3. The third kappa shape index (κ3) is 4.75. The van der Waals surface area contributed by atoms with Crippen LogP contribution in [0.5, 0.6) is 5.75 Å². The van der Waals surface area contributed by atoms with Crippen LogP contribution in [0.4, 0.5) is 18.9 Å². The molecule has 1 unspecified atom stereocenters. The van der Waals surface area contributed by atoms with Crippen LogP contribution in [-0.2, 0) is 11.0 Å². The third-order valence-electron chi connectivity index (χ3n) is 3.92. The van der Waals surface area contributed by atoms with Gasteiger partial charge in [0.05, 0.1) is 5.56 Å². The molecule has 0 spiro atoms. The van der Waals surface area contributed by atoms with Crippen molar-refractivity contribution in [2.24, 2.45) is 0 Å². The average molecular weight is 351 g/mol. The number of rotatable bonds is 4. The predicted octanol–water partition coefficient (Wildman–Crippen LogP) is 5.04. The van der Waals surface area contributed by atoms with E-state index >= 15 is 0 Å². The van der Waals surface area contributed by atoms with E-state index in [0.717, 1.165) is 28.8 Å². The Bertz CT molecular complexity index is 767. The van der Waals surface area contributed by atoms with Crippen LogP contribution in [0.2, 0.25) is 0 Å². The molecule has 0 fully saturated rings. The number of carbonyl (C=O) groups excluding carboxylic acids is 1. The highest BCUT2D eigenvalue weighted by atomic mass is 19.4. The minimum atomic E-state index is -4.40. The Kier molecular flexibility index (Phi) is 5.40. The molecule has 0 heterocycles. The number of benzene rings is 2. The zero-order valence-corrected chi connectivity index (χ0v) is 14.5. The number of halogens is 3. The van der Waals surface area contributed by atoms with Crippen molar-refractivity contribution < 1.29 is 22.7 Å². The molecule has 2 aromatic rings. The molecule has 1 atom stereocenters. The highest BCUT2D eigenvalue weighted by molar-refractivity contribution is 5.94. The maximum Gasteiger partial charge on any atom is 0.416 e. The smallest absolute Gasteiger partial charge is 0.416 e. The predicted molar refractivity (Wildman–Crippen MR) is 90.8 cm³/mol. The summed E-state index contributed by atoms with van der Waals surface area (Å²) in [4.78, 5) is 12.2. The number of anilines is 1. The highest BCUT2D eigenvalue weighted by Crippen LogP contribution is 2.30. The van der Waals surface area contributed by atoms with Crippen LogP contribution < -0.4 is 10.1 Å². The molecule has 0 saturated carbocycles. The SMILES string of the molecule is Cc1cc(C)c(C)c(OC(C)C(=O)Nc2ccc(C(F)(F)F)cc2)c1. The number of hydrogen-bond acceptors (Lipinski definition) is 2. The molecule has 2 aromatic carbocycles. The summed E-state index contributed by atoms with van der Waals surface area (Å²) >= 11 is 0. The van der Waals surface area contributed by atoms with Crippen molar-refractivity contribution in [3.05, 3.63) is 58.7 Å². The fraction of sp³-hybridized carbons (Fsp3) is 0.316. The first-order chi connectivity index (χ1) is 11.6. The summed E-state index contributed by atoms with van der Waals surface area (Å²) in [6.07, 6.45) is -5.19. The van der Waals surface area contributed by atoms with E-state index in [4.69, 9.17) is 4.74 Å². The van der Waals surface area contributed by atoms with Gasteiger partial charge in [0, 0.05) is 5.69 Å². The first-order valence-corrected chi connectivity index (χ1v) is 7.80. The Morgan fingerprint density at radius 1 is 1.08 bits per heavy atom. The van der Waals surface area contributed by atoms with Crippen molar-refractivity contribution in [2.45, 2.75) is 40.0 Å². The quantitative estimate of drug-likeness (QED) is 0.838. The first kappa shape index (κ1) is 18.8. The fourth-order valence-corrected chi connectivity index (χ4v) is 2.35. The topological polar surface area (TPSA) is 38.3 Å². The lowest BCUT2D eigenvalue weighted by Crippen LogP contribution is -2.30. The summed E-state index contributed by atoms with van der Waals surface area (Å²) in [6.45, 7) is 7.40. The van der Waals surface area contributed by atoms with E-state index in [2.05, 4.69) is 5.32 Å². The Morgan fingerprint density at radius 3 is 2.24 bits per heavy atom. The zero-order valence-electron chi connectivity index (χ0n) is 14.5. The Balaban J connectivity index is 2.06. The van der Waals surface area contributed by atoms with Gasteiger partial charge >= 0.3 is 6.18 Å². The van der Waals surface area contributed by atoms with E-state index in [1.807, 2.05) is 32.9 Å². The van der Waals surface area contributed by atoms with Crippen LogP contribution in [0.15, 0.2) is 36.4 Å². The first-order valence-electron chi connectivity index (χ1n) is 7.80. The molecule has 1 N–H and O–H groups in total. The molecule has 0 aliphatic heterocycles. The van der Waals surface area contributed by atoms with Crippen molar-refractivity contribution in [1.29, 1.82) is 0 Å². The standard InChI is InChI=1S/C19H20F3NO2/c1-11-9-12(2)13(3)17(10-11)25-14(4)18(24)23-16-7-5-15(6-8-16)19(20,21)22/h5-10,14H,1-4H3,(H,23,24). The number of amides is 1. The van der Waals surface area contributed by atoms with E-state index in [-0.39, 0.29) is 5.69 Å². The molecule has 25 heavy (non-hydrogen) atoms. The van der Waals surface area contributed by atoms with Crippen LogP contribution in [-0.4, -0.2) is 12.0 Å². The van der Waals surface area contributed by atoms with Crippen LogP contribution >= 0.6 is 0 Å². The van der Waals surface area contributed by atoms with E-state index in [1.165, 1.54) is 12.1 Å². The van der Waals surface area contributed by atoms with Crippen LogP contribution in [0, 0.1) is 20.8 Å². The maximum absolute atomic E-state index is 12.5. The Labute approximate surface area is 144 Å². The number of nitrogens with one attached hydrogen (secondary N) is 1. The molecular formula is C19H20F3NO2. The second kappa shape index (κ2) is 7.17. The number of hydrogen-bond donors (Lipinski definition) is 1. The number of carbonyl (C=O) groups is 1. The summed E-state index contributed by atoms with van der Waals surface area (Å²) in [6, 6.07) is 8.16. The van der Waals surface area contributed by atoms with Gasteiger partial charge in [0.25, 0.3) is 5.91 Å². The van der Waals surface area contributed by atoms with Crippen molar-refractivity contribution in [3.8, 4) is 5.75 Å². The van der Waals surface area contributed by atoms with Gasteiger partial charge in [-0.1, -0.05) is 6.07 Å². The molecule has 1 amide bonds. The molecular weight excluding hydrogens is 331 g/mol. The molecule has 0 aliphatic rings. The number of ether oxygens (including phenoxy) is 1. The zero-order chi connectivity index (χ0) is 18.8. The maximum atomic E-state index is 12.5. The summed E-state index contributed by atoms with van der Waals surface area (Å²) in [5, 5.41) is 2.56. The molecule has 2 rings (SSSR count). The van der Waals surface area contributed by atoms with Gasteiger partial charge < -0.3 is 10.1 Å². The van der Waals surface area contributed by atoms with Gasteiger partial charge in [0.2, 0.25) is 0 Å². The molecule has 0 bridgehead atoms. The van der Waals surface area contributed by atoms with Crippen LogP contribution in [0.25, 0.3) is 0 Å². The van der Waals surface area contributed by atoms with Gasteiger partial charge in [-0.25, -0.2) is 0 Å². The lowest BCUT2D eigenvalue weighted by Gasteiger charge is -2.18. The second-order valence-electron chi connectivity index (χ2n) is 6.03. The third-order valence-corrected chi connectivity index (χ3v) is 3.92. The summed E-state index contributed by atoms with van der Waals surface area (Å²) in [5.74, 6) is 0.186. The molecule has 134 valence electrons. The molecule has 0 aromatic heterocycles. The summed E-state index contributed by atoms with van der Waals surface area (Å²) in [7, 11) is 0. The molecule has 6 heteroatoms. The molecule has 0 aliphatic carbocycles. The van der Waals surface area contributed by atoms with Crippen molar-refractivity contribution in [1.82, 2.24) is 0 Å². The van der Waals surface area contributed by atoms with Crippen LogP contribution in [0.3, 0.4) is 0 Å². The Morgan fingerprint density at radius 2 is 1.68 bits per heavy atom. The van der Waals surface area contributed by atoms with Gasteiger partial charge in [0.15, 0.2) is 6.10 Å². The number of aryl methyl sites for hydroxylation is 2. The van der Waals surface area contributed by atoms with E-state index in [0.29, 0.717) is 5.75 Å². The van der Waals surface area contributed by atoms with Crippen molar-refractivity contribution >= 4 is 11.6 Å². The largest absolute Gasteiger partial charge is 0.481 e. The second-order valence-corrected chi connectivity index (χ2v) is 6.03. The van der Waals surface area contributed by atoms with E-state index in [1.54, 1.807) is 6.92 Å². The minimum absolute atomic E-state index is 0.283. The molecule has 3 nitrogen and oxygen atoms in total. The average Bonchev–Trinajstić information content (AvgIpc) is 2.51. The van der Waals surface area contributed by atoms with Gasteiger partial charge in [-0.2, -0.15) is 13.2 Å². The van der Waals surface area contributed by atoms with Gasteiger partial charge in [-0.3, -0.25) is 4.79 Å². The van der Waals surface area contributed by atoms with Gasteiger partial charge in [0.1, 0.15) is 5.75 Å². The molecule has 0 saturated heterocycles. The normalized spacial score (nSPS) is 12.6. The van der Waals surface area contributed by atoms with Crippen LogP contribution in [0.1, 0.15) is 29.2 Å². The van der Waals surface area contributed by atoms with E-state index < -0.39 is 23.8 Å². The molecule has 0 radical (unpaired) electrons. The van der Waals surface area contributed by atoms with Gasteiger partial charge in [-0.15, -0.1) is 0 Å². The Hall–Kier alpha value is -2.50. The van der Waals surface area contributed by atoms with E-state index in [9.17, 15) is 18.0 Å². The highest BCUT2D eigenvalue weighted by Gasteiger charge is 2.30. The van der Waals surface area contributed by atoms with Gasteiger partial charge in [-0.05, 0) is 74.7 Å². The summed E-state index contributed by atoms with van der Waals surface area (Å²) < 4.78 is 43.4. The lowest BCUT2D eigenvalue weighted by molar-refractivity contribution is -0.137. The minimum Gasteiger partial charge on any atom is -0.481 e. The van der Waals surface area contributed by atoms with Crippen molar-refractivity contribution in [2.75, 3.05) is 5.32 Å².